The smallest absolute Gasteiger partial charge is 0.127 e. The maximum absolute atomic E-state index is 5.27. The van der Waals surface area contributed by atoms with Crippen molar-refractivity contribution >= 4 is 11.5 Å². The third kappa shape index (κ3) is 2.37. The largest absolute Gasteiger partial charge is 0.358 e. The summed E-state index contributed by atoms with van der Waals surface area (Å²) in [4.78, 5) is 8.75. The lowest BCUT2D eigenvalue weighted by Crippen LogP contribution is -2.11. The van der Waals surface area contributed by atoms with Crippen LogP contribution in [0.25, 0.3) is 0 Å². The van der Waals surface area contributed by atoms with Crippen LogP contribution < -0.4 is 16.5 Å². The van der Waals surface area contributed by atoms with E-state index in [1.54, 1.807) is 13.3 Å². The lowest BCUT2D eigenvalue weighted by molar-refractivity contribution is 0.271. The van der Waals surface area contributed by atoms with Crippen molar-refractivity contribution in [1.29, 1.82) is 0 Å². The molecule has 5 nitrogen and oxygen atoms in total. The highest BCUT2D eigenvalue weighted by molar-refractivity contribution is 5.45. The second kappa shape index (κ2) is 4.53. The van der Waals surface area contributed by atoms with Gasteiger partial charge in [0.25, 0.3) is 0 Å². The molecule has 0 radical (unpaired) electrons. The number of hydrogen-bond donors (Lipinski definition) is 3. The van der Waals surface area contributed by atoms with Gasteiger partial charge in [-0.05, 0) is 12.1 Å². The van der Waals surface area contributed by atoms with Crippen molar-refractivity contribution in [3.05, 3.63) is 18.3 Å². The quantitative estimate of drug-likeness (QED) is 0.448. The Morgan fingerprint density at radius 2 is 2.42 bits per heavy atom. The molecule has 0 aliphatic rings. The summed E-state index contributed by atoms with van der Waals surface area (Å²) in [7, 11) is 1.55. The summed E-state index contributed by atoms with van der Waals surface area (Å²) in [5, 5.41) is 2.87. The normalized spacial score (nSPS) is 9.50. The van der Waals surface area contributed by atoms with Crippen molar-refractivity contribution in [2.24, 2.45) is 5.73 Å². The van der Waals surface area contributed by atoms with Gasteiger partial charge in [0.2, 0.25) is 0 Å². The number of nitrogens with two attached hydrogens (primary N) is 1. The molecule has 1 heterocycles. The van der Waals surface area contributed by atoms with Crippen molar-refractivity contribution in [3.8, 4) is 0 Å². The molecule has 1 aromatic heterocycles. The summed E-state index contributed by atoms with van der Waals surface area (Å²) in [6.07, 6.45) is 1.65. The molecule has 1 rings (SSSR count). The first-order chi connectivity index (χ1) is 5.86. The van der Waals surface area contributed by atoms with Gasteiger partial charge in [-0.25, -0.2) is 4.98 Å². The molecule has 4 N–H and O–H groups in total. The first-order valence-corrected chi connectivity index (χ1v) is 3.56. The second-order valence-corrected chi connectivity index (χ2v) is 2.12. The van der Waals surface area contributed by atoms with Crippen LogP contribution >= 0.6 is 0 Å². The molecule has 0 aliphatic heterocycles. The van der Waals surface area contributed by atoms with Gasteiger partial charge in [-0.3, -0.25) is 10.3 Å². The number of pyridine rings is 1. The Morgan fingerprint density at radius 1 is 1.58 bits per heavy atom. The predicted molar refractivity (Wildman–Crippen MR) is 47.5 cm³/mol. The molecule has 0 aromatic carbocycles. The monoisotopic (exact) mass is 168 g/mol. The van der Waals surface area contributed by atoms with Gasteiger partial charge in [0.15, 0.2) is 0 Å². The van der Waals surface area contributed by atoms with Crippen molar-refractivity contribution in [2.45, 2.75) is 0 Å². The first kappa shape index (κ1) is 8.76. The minimum Gasteiger partial charge on any atom is -0.358 e. The first-order valence-electron chi connectivity index (χ1n) is 3.56. The Kier molecular flexibility index (Phi) is 3.31. The zero-order valence-electron chi connectivity index (χ0n) is 6.87. The van der Waals surface area contributed by atoms with Crippen LogP contribution in [0.3, 0.4) is 0 Å². The maximum atomic E-state index is 5.27. The molecule has 0 saturated heterocycles. The van der Waals surface area contributed by atoms with Crippen LogP contribution in [0.5, 0.6) is 0 Å². The Labute approximate surface area is 70.9 Å². The minimum atomic E-state index is 0.379. The van der Waals surface area contributed by atoms with Gasteiger partial charge < -0.3 is 11.1 Å². The molecular formula is C7H12N4O. The molecular weight excluding hydrogens is 156 g/mol. The Morgan fingerprint density at radius 3 is 2.92 bits per heavy atom. The minimum absolute atomic E-state index is 0.379. The topological polar surface area (TPSA) is 72.2 Å². The summed E-state index contributed by atoms with van der Waals surface area (Å²) in [5.41, 5.74) is 8.73. The lowest BCUT2D eigenvalue weighted by Gasteiger charge is -2.04. The summed E-state index contributed by atoms with van der Waals surface area (Å²) in [5.74, 6) is 0.749. The third-order valence-corrected chi connectivity index (χ3v) is 1.27. The molecule has 1 aromatic rings. The zero-order valence-corrected chi connectivity index (χ0v) is 6.87. The molecule has 0 fully saturated rings. The lowest BCUT2D eigenvalue weighted by atomic mass is 10.4. The molecule has 0 aliphatic carbocycles. The van der Waals surface area contributed by atoms with Crippen LogP contribution in [-0.2, 0) is 4.84 Å². The number of nitrogens with zero attached hydrogens (tertiary/aromatic N) is 1. The standard InChI is InChI=1S/C7H12N4O/c1-12-11-6-2-3-7(9-4-6)10-5-8/h2-4,11H,5,8H2,1H3,(H,9,10). The summed E-state index contributed by atoms with van der Waals surface area (Å²) < 4.78 is 0. The Hall–Kier alpha value is -1.33. The molecule has 0 saturated carbocycles. The Balaban J connectivity index is 2.58. The highest BCUT2D eigenvalue weighted by Crippen LogP contribution is 2.08. The van der Waals surface area contributed by atoms with E-state index in [1.165, 1.54) is 0 Å². The van der Waals surface area contributed by atoms with Crippen LogP contribution in [0.2, 0.25) is 0 Å². The van der Waals surface area contributed by atoms with Crippen molar-refractivity contribution < 1.29 is 4.84 Å². The maximum Gasteiger partial charge on any atom is 0.127 e. The predicted octanol–water partition coefficient (Wildman–Crippen LogP) is 0.383. The van der Waals surface area contributed by atoms with Gasteiger partial charge in [0.05, 0.1) is 25.7 Å². The van der Waals surface area contributed by atoms with Gasteiger partial charge in [-0.15, -0.1) is 0 Å². The van der Waals surface area contributed by atoms with Gasteiger partial charge in [-0.1, -0.05) is 0 Å². The summed E-state index contributed by atoms with van der Waals surface area (Å²) in [6, 6.07) is 3.66. The van der Waals surface area contributed by atoms with Crippen LogP contribution in [0, 0.1) is 0 Å². The second-order valence-electron chi connectivity index (χ2n) is 2.12. The van der Waals surface area contributed by atoms with E-state index in [0.29, 0.717) is 6.67 Å². The average Bonchev–Trinajstić information content (AvgIpc) is 2.09. The number of rotatable bonds is 4. The fraction of sp³-hybridized carbons (Fsp3) is 0.286. The number of anilines is 2. The molecule has 0 amide bonds. The van der Waals surface area contributed by atoms with Gasteiger partial charge >= 0.3 is 0 Å². The number of aromatic nitrogens is 1. The van der Waals surface area contributed by atoms with Gasteiger partial charge in [-0.2, -0.15) is 0 Å². The van der Waals surface area contributed by atoms with E-state index in [4.69, 9.17) is 10.6 Å². The highest BCUT2D eigenvalue weighted by atomic mass is 16.6. The van der Waals surface area contributed by atoms with Crippen LogP contribution in [0.4, 0.5) is 11.5 Å². The van der Waals surface area contributed by atoms with Crippen LogP contribution in [0.15, 0.2) is 18.3 Å². The zero-order chi connectivity index (χ0) is 8.81. The van der Waals surface area contributed by atoms with Crippen molar-refractivity contribution in [2.75, 3.05) is 24.6 Å². The van der Waals surface area contributed by atoms with Crippen LogP contribution in [-0.4, -0.2) is 18.8 Å². The summed E-state index contributed by atoms with van der Waals surface area (Å²) in [6.45, 7) is 0.379. The van der Waals surface area contributed by atoms with E-state index in [-0.39, 0.29) is 0 Å². The highest BCUT2D eigenvalue weighted by Gasteiger charge is 1.92. The molecule has 0 atom stereocenters. The third-order valence-electron chi connectivity index (χ3n) is 1.27. The fourth-order valence-corrected chi connectivity index (χ4v) is 0.781. The molecule has 0 unspecified atom stereocenters. The van der Waals surface area contributed by atoms with E-state index >= 15 is 0 Å². The number of hydrogen-bond acceptors (Lipinski definition) is 5. The molecule has 0 spiro atoms. The van der Waals surface area contributed by atoms with E-state index in [1.807, 2.05) is 12.1 Å². The Bertz CT molecular complexity index is 198. The SMILES string of the molecule is CONc1ccc(NCN)nc1. The summed E-state index contributed by atoms with van der Waals surface area (Å²) >= 11 is 0. The van der Waals surface area contributed by atoms with E-state index in [9.17, 15) is 0 Å². The fourth-order valence-electron chi connectivity index (χ4n) is 0.781. The van der Waals surface area contributed by atoms with Gasteiger partial charge in [0.1, 0.15) is 5.82 Å². The van der Waals surface area contributed by atoms with E-state index < -0.39 is 0 Å². The number of nitrogens with one attached hydrogen (secondary N) is 2. The molecule has 12 heavy (non-hydrogen) atoms. The van der Waals surface area contributed by atoms with Crippen LogP contribution in [0.1, 0.15) is 0 Å². The van der Waals surface area contributed by atoms with E-state index in [0.717, 1.165) is 11.5 Å². The van der Waals surface area contributed by atoms with E-state index in [2.05, 4.69) is 15.8 Å². The average molecular weight is 168 g/mol. The molecule has 0 bridgehead atoms. The molecule has 66 valence electrons. The molecule has 5 heteroatoms. The van der Waals surface area contributed by atoms with Crippen molar-refractivity contribution in [1.82, 2.24) is 4.98 Å². The van der Waals surface area contributed by atoms with Gasteiger partial charge in [0, 0.05) is 0 Å². The van der Waals surface area contributed by atoms with Crippen molar-refractivity contribution in [3.63, 3.8) is 0 Å².